The lowest BCUT2D eigenvalue weighted by Gasteiger charge is -2.17. The van der Waals surface area contributed by atoms with Gasteiger partial charge >= 0.3 is 12.0 Å². The second-order valence-corrected chi connectivity index (χ2v) is 4.54. The highest BCUT2D eigenvalue weighted by Crippen LogP contribution is 2.23. The third-order valence-corrected chi connectivity index (χ3v) is 3.13. The number of nitrogens with one attached hydrogen (secondary N) is 1. The SMILES string of the molecule is COc1cc(NC(=O)N2CCC(O)C2)ccc1C(=O)O. The van der Waals surface area contributed by atoms with Crippen LogP contribution in [0.4, 0.5) is 10.5 Å². The lowest BCUT2D eigenvalue weighted by molar-refractivity contribution is 0.0693. The van der Waals surface area contributed by atoms with Gasteiger partial charge in [0.15, 0.2) is 0 Å². The van der Waals surface area contributed by atoms with Crippen LogP contribution in [0.15, 0.2) is 18.2 Å². The normalized spacial score (nSPS) is 17.9. The van der Waals surface area contributed by atoms with Crippen molar-refractivity contribution >= 4 is 17.7 Å². The predicted molar refractivity (Wildman–Crippen MR) is 71.2 cm³/mol. The van der Waals surface area contributed by atoms with Gasteiger partial charge in [-0.15, -0.1) is 0 Å². The molecule has 1 aromatic carbocycles. The Morgan fingerprint density at radius 1 is 1.45 bits per heavy atom. The molecule has 1 atom stereocenters. The van der Waals surface area contributed by atoms with Crippen molar-refractivity contribution in [3.63, 3.8) is 0 Å². The van der Waals surface area contributed by atoms with Gasteiger partial charge in [0.1, 0.15) is 11.3 Å². The number of β-amino-alcohol motifs (C(OH)–C–C–N with tert-alkyl or cyclic N) is 1. The summed E-state index contributed by atoms with van der Waals surface area (Å²) in [6.07, 6.45) is 0.0824. The number of aliphatic hydroxyl groups excluding tert-OH is 1. The van der Waals surface area contributed by atoms with Gasteiger partial charge in [0.2, 0.25) is 0 Å². The number of carbonyl (C=O) groups is 2. The van der Waals surface area contributed by atoms with Gasteiger partial charge in [0.25, 0.3) is 0 Å². The first kappa shape index (κ1) is 14.1. The van der Waals surface area contributed by atoms with Crippen LogP contribution in [0.1, 0.15) is 16.8 Å². The highest BCUT2D eigenvalue weighted by molar-refractivity contribution is 5.94. The summed E-state index contributed by atoms with van der Waals surface area (Å²) < 4.78 is 4.99. The summed E-state index contributed by atoms with van der Waals surface area (Å²) in [7, 11) is 1.37. The fourth-order valence-electron chi connectivity index (χ4n) is 2.07. The molecular weight excluding hydrogens is 264 g/mol. The van der Waals surface area contributed by atoms with Gasteiger partial charge in [-0.25, -0.2) is 9.59 Å². The molecule has 1 aliphatic heterocycles. The minimum Gasteiger partial charge on any atom is -0.496 e. The van der Waals surface area contributed by atoms with E-state index in [1.165, 1.54) is 30.2 Å². The number of aromatic carboxylic acids is 1. The Kier molecular flexibility index (Phi) is 4.09. The molecular formula is C13H16N2O5. The fourth-order valence-corrected chi connectivity index (χ4v) is 2.07. The van der Waals surface area contributed by atoms with Gasteiger partial charge in [0.05, 0.1) is 13.2 Å². The number of benzene rings is 1. The van der Waals surface area contributed by atoms with E-state index in [9.17, 15) is 14.7 Å². The van der Waals surface area contributed by atoms with E-state index in [1.807, 2.05) is 0 Å². The van der Waals surface area contributed by atoms with Crippen molar-refractivity contribution in [3.05, 3.63) is 23.8 Å². The molecule has 0 bridgehead atoms. The number of hydrogen-bond acceptors (Lipinski definition) is 4. The lowest BCUT2D eigenvalue weighted by atomic mass is 10.2. The van der Waals surface area contributed by atoms with Crippen molar-refractivity contribution in [3.8, 4) is 5.75 Å². The number of nitrogens with zero attached hydrogens (tertiary/aromatic N) is 1. The highest BCUT2D eigenvalue weighted by atomic mass is 16.5. The molecule has 7 nitrogen and oxygen atoms in total. The summed E-state index contributed by atoms with van der Waals surface area (Å²) in [6, 6.07) is 3.99. The van der Waals surface area contributed by atoms with Crippen LogP contribution in [0.2, 0.25) is 0 Å². The van der Waals surface area contributed by atoms with Crippen LogP contribution in [0.3, 0.4) is 0 Å². The minimum atomic E-state index is -1.10. The number of carbonyl (C=O) groups excluding carboxylic acids is 1. The second kappa shape index (κ2) is 5.79. The summed E-state index contributed by atoms with van der Waals surface area (Å²) in [5.74, 6) is -0.917. The standard InChI is InChI=1S/C13H16N2O5/c1-20-11-6-8(2-3-10(11)12(17)18)14-13(19)15-5-4-9(16)7-15/h2-3,6,9,16H,4-5,7H2,1H3,(H,14,19)(H,17,18). The molecule has 108 valence electrons. The summed E-state index contributed by atoms with van der Waals surface area (Å²) in [6.45, 7) is 0.799. The van der Waals surface area contributed by atoms with Crippen molar-refractivity contribution in [2.45, 2.75) is 12.5 Å². The summed E-state index contributed by atoms with van der Waals surface area (Å²) in [4.78, 5) is 24.4. The zero-order valence-electron chi connectivity index (χ0n) is 11.0. The Bertz CT molecular complexity index is 531. The zero-order chi connectivity index (χ0) is 14.7. The van der Waals surface area contributed by atoms with Crippen molar-refractivity contribution in [1.82, 2.24) is 4.90 Å². The third-order valence-electron chi connectivity index (χ3n) is 3.13. The third kappa shape index (κ3) is 3.00. The number of likely N-dealkylation sites (tertiary alicyclic amines) is 1. The molecule has 0 radical (unpaired) electrons. The van der Waals surface area contributed by atoms with Crippen LogP contribution in [-0.2, 0) is 0 Å². The Hall–Kier alpha value is -2.28. The lowest BCUT2D eigenvalue weighted by Crippen LogP contribution is -2.33. The average Bonchev–Trinajstić information content (AvgIpc) is 2.85. The minimum absolute atomic E-state index is 0.0297. The Morgan fingerprint density at radius 2 is 2.20 bits per heavy atom. The van der Waals surface area contributed by atoms with Gasteiger partial charge in [-0.3, -0.25) is 0 Å². The molecule has 1 saturated heterocycles. The summed E-state index contributed by atoms with van der Waals surface area (Å²) in [5.41, 5.74) is 0.473. The largest absolute Gasteiger partial charge is 0.496 e. The van der Waals surface area contributed by atoms with Crippen LogP contribution in [0.25, 0.3) is 0 Å². The molecule has 1 fully saturated rings. The first-order chi connectivity index (χ1) is 9.51. The number of carboxylic acids is 1. The summed E-state index contributed by atoms with van der Waals surface area (Å²) >= 11 is 0. The number of ether oxygens (including phenoxy) is 1. The molecule has 1 unspecified atom stereocenters. The average molecular weight is 280 g/mol. The van der Waals surface area contributed by atoms with E-state index in [2.05, 4.69) is 5.32 Å². The smallest absolute Gasteiger partial charge is 0.339 e. The van der Waals surface area contributed by atoms with Crippen molar-refractivity contribution in [1.29, 1.82) is 0 Å². The van der Waals surface area contributed by atoms with Crippen LogP contribution in [0.5, 0.6) is 5.75 Å². The number of rotatable bonds is 3. The van der Waals surface area contributed by atoms with E-state index >= 15 is 0 Å². The topological polar surface area (TPSA) is 99.1 Å². The molecule has 0 aliphatic carbocycles. The van der Waals surface area contributed by atoms with Gasteiger partial charge in [-0.2, -0.15) is 0 Å². The first-order valence-corrected chi connectivity index (χ1v) is 6.16. The van der Waals surface area contributed by atoms with E-state index in [-0.39, 0.29) is 17.3 Å². The Balaban J connectivity index is 2.10. The molecule has 2 rings (SSSR count). The fraction of sp³-hybridized carbons (Fsp3) is 0.385. The number of urea groups is 1. The zero-order valence-corrected chi connectivity index (χ0v) is 11.0. The molecule has 7 heteroatoms. The maximum Gasteiger partial charge on any atom is 0.339 e. The maximum absolute atomic E-state index is 11.9. The number of carboxylic acid groups (broad SMARTS) is 1. The quantitative estimate of drug-likeness (QED) is 0.767. The van der Waals surface area contributed by atoms with E-state index in [4.69, 9.17) is 9.84 Å². The Morgan fingerprint density at radius 3 is 2.75 bits per heavy atom. The number of methoxy groups -OCH3 is 1. The molecule has 0 spiro atoms. The van der Waals surface area contributed by atoms with E-state index < -0.39 is 12.1 Å². The van der Waals surface area contributed by atoms with E-state index in [1.54, 1.807) is 0 Å². The molecule has 0 saturated carbocycles. The van der Waals surface area contributed by atoms with Crippen LogP contribution >= 0.6 is 0 Å². The van der Waals surface area contributed by atoms with Gasteiger partial charge < -0.3 is 25.2 Å². The number of anilines is 1. The molecule has 3 N–H and O–H groups in total. The highest BCUT2D eigenvalue weighted by Gasteiger charge is 2.24. The van der Waals surface area contributed by atoms with Gasteiger partial charge in [-0.05, 0) is 18.6 Å². The summed E-state index contributed by atoms with van der Waals surface area (Å²) in [5, 5.41) is 21.0. The van der Waals surface area contributed by atoms with Crippen molar-refractivity contribution in [2.24, 2.45) is 0 Å². The van der Waals surface area contributed by atoms with E-state index in [0.29, 0.717) is 25.2 Å². The molecule has 1 aliphatic rings. The van der Waals surface area contributed by atoms with Crippen LogP contribution in [0, 0.1) is 0 Å². The monoisotopic (exact) mass is 280 g/mol. The molecule has 20 heavy (non-hydrogen) atoms. The van der Waals surface area contributed by atoms with Crippen LogP contribution < -0.4 is 10.1 Å². The number of amides is 2. The molecule has 0 aromatic heterocycles. The predicted octanol–water partition coefficient (Wildman–Crippen LogP) is 0.992. The number of aliphatic hydroxyl groups is 1. The first-order valence-electron chi connectivity index (χ1n) is 6.16. The molecule has 1 heterocycles. The van der Waals surface area contributed by atoms with Crippen molar-refractivity contribution in [2.75, 3.05) is 25.5 Å². The molecule has 1 aromatic rings. The number of hydrogen-bond donors (Lipinski definition) is 3. The van der Waals surface area contributed by atoms with Crippen LogP contribution in [-0.4, -0.2) is 53.4 Å². The van der Waals surface area contributed by atoms with Gasteiger partial charge in [-0.1, -0.05) is 0 Å². The maximum atomic E-state index is 11.9. The van der Waals surface area contributed by atoms with Gasteiger partial charge in [0, 0.05) is 24.8 Å². The Labute approximate surface area is 115 Å². The second-order valence-electron chi connectivity index (χ2n) is 4.54. The van der Waals surface area contributed by atoms with E-state index in [0.717, 1.165) is 0 Å². The van der Waals surface area contributed by atoms with Crippen molar-refractivity contribution < 1.29 is 24.5 Å². The molecule has 2 amide bonds.